The van der Waals surface area contributed by atoms with Crippen LogP contribution in [0, 0.1) is 17.8 Å². The second kappa shape index (κ2) is 52.2. The molecule has 0 radical (unpaired) electrons. The van der Waals surface area contributed by atoms with E-state index in [-0.39, 0.29) is 31.1 Å². The van der Waals surface area contributed by atoms with Gasteiger partial charge in [0.25, 0.3) is 0 Å². The highest BCUT2D eigenvalue weighted by Crippen LogP contribution is 2.19. The number of ether oxygens (including phenoxy) is 3. The van der Waals surface area contributed by atoms with Crippen LogP contribution in [0.1, 0.15) is 337 Å². The Morgan fingerprint density at radius 1 is 0.299 bits per heavy atom. The Bertz CT molecular complexity index is 1040. The third kappa shape index (κ3) is 53.6. The van der Waals surface area contributed by atoms with Gasteiger partial charge in [0.05, 0.1) is 0 Å². The van der Waals surface area contributed by atoms with Gasteiger partial charge in [0, 0.05) is 19.3 Å². The van der Waals surface area contributed by atoms with Crippen LogP contribution < -0.4 is 0 Å². The highest BCUT2D eigenvalue weighted by atomic mass is 16.6. The van der Waals surface area contributed by atoms with Gasteiger partial charge >= 0.3 is 17.9 Å². The lowest BCUT2D eigenvalue weighted by Crippen LogP contribution is -2.30. The molecule has 398 valence electrons. The third-order valence-corrected chi connectivity index (χ3v) is 14.3. The number of rotatable bonds is 54. The molecule has 0 heterocycles. The zero-order valence-corrected chi connectivity index (χ0v) is 46.2. The van der Waals surface area contributed by atoms with Crippen LogP contribution in [0.2, 0.25) is 0 Å². The summed E-state index contributed by atoms with van der Waals surface area (Å²) in [4.78, 5) is 38.2. The molecule has 0 N–H and O–H groups in total. The Morgan fingerprint density at radius 3 is 0.776 bits per heavy atom. The summed E-state index contributed by atoms with van der Waals surface area (Å²) in [6.45, 7) is 13.8. The smallest absolute Gasteiger partial charge is 0.306 e. The molecule has 0 rings (SSSR count). The Balaban J connectivity index is 4.27. The number of hydrogen-bond donors (Lipinski definition) is 0. The molecular weight excluding hydrogens is 829 g/mol. The number of hydrogen-bond acceptors (Lipinski definition) is 6. The molecule has 0 saturated heterocycles. The van der Waals surface area contributed by atoms with Gasteiger partial charge in [0.1, 0.15) is 13.2 Å². The van der Waals surface area contributed by atoms with Crippen molar-refractivity contribution in [2.45, 2.75) is 343 Å². The van der Waals surface area contributed by atoms with E-state index >= 15 is 0 Å². The van der Waals surface area contributed by atoms with Gasteiger partial charge in [-0.15, -0.1) is 0 Å². The molecule has 0 aromatic carbocycles. The topological polar surface area (TPSA) is 78.9 Å². The molecule has 6 heteroatoms. The van der Waals surface area contributed by atoms with Gasteiger partial charge in [-0.3, -0.25) is 14.4 Å². The zero-order valence-electron chi connectivity index (χ0n) is 46.2. The minimum absolute atomic E-state index is 0.0634. The van der Waals surface area contributed by atoms with E-state index in [0.29, 0.717) is 19.3 Å². The van der Waals surface area contributed by atoms with Crippen molar-refractivity contribution in [2.24, 2.45) is 17.8 Å². The summed E-state index contributed by atoms with van der Waals surface area (Å²) in [5, 5.41) is 0. The molecule has 0 bridgehead atoms. The highest BCUT2D eigenvalue weighted by molar-refractivity contribution is 5.71. The quantitative estimate of drug-likeness (QED) is 0.0343. The van der Waals surface area contributed by atoms with Crippen molar-refractivity contribution in [3.63, 3.8) is 0 Å². The first-order valence-corrected chi connectivity index (χ1v) is 30.1. The Morgan fingerprint density at radius 2 is 0.522 bits per heavy atom. The molecule has 0 aliphatic carbocycles. The standard InChI is InChI=1S/C61H118O6/c1-7-57(6)49-43-37-31-25-19-15-12-13-16-20-26-32-38-44-50-59(62)65-53-58(54-66-60(63)51-45-39-33-28-22-24-30-36-42-48-56(4)5)67-61(64)52-46-40-34-27-21-17-11-9-8-10-14-18-23-29-35-41-47-55(2)3/h55-58H,7-54H2,1-6H3/t57?,58-/m0/s1. The Hall–Kier alpha value is -1.59. The van der Waals surface area contributed by atoms with Crippen molar-refractivity contribution in [1.29, 1.82) is 0 Å². The van der Waals surface area contributed by atoms with Crippen LogP contribution in [-0.2, 0) is 28.6 Å². The van der Waals surface area contributed by atoms with Crippen molar-refractivity contribution >= 4 is 17.9 Å². The first kappa shape index (κ1) is 65.4. The highest BCUT2D eigenvalue weighted by Gasteiger charge is 2.19. The summed E-state index contributed by atoms with van der Waals surface area (Å²) in [5.41, 5.74) is 0. The van der Waals surface area contributed by atoms with Crippen LogP contribution >= 0.6 is 0 Å². The van der Waals surface area contributed by atoms with E-state index in [2.05, 4.69) is 41.5 Å². The minimum atomic E-state index is -0.764. The van der Waals surface area contributed by atoms with Gasteiger partial charge in [-0.05, 0) is 37.0 Å². The zero-order chi connectivity index (χ0) is 49.1. The van der Waals surface area contributed by atoms with Gasteiger partial charge in [-0.1, -0.05) is 298 Å². The van der Waals surface area contributed by atoms with Crippen molar-refractivity contribution in [3.05, 3.63) is 0 Å². The van der Waals surface area contributed by atoms with Crippen molar-refractivity contribution < 1.29 is 28.6 Å². The summed E-state index contributed by atoms with van der Waals surface area (Å²) in [7, 11) is 0. The fraction of sp³-hybridized carbons (Fsp3) is 0.951. The van der Waals surface area contributed by atoms with Crippen LogP contribution in [0.5, 0.6) is 0 Å². The third-order valence-electron chi connectivity index (χ3n) is 14.3. The predicted octanol–water partition coefficient (Wildman–Crippen LogP) is 19.9. The van der Waals surface area contributed by atoms with E-state index in [1.807, 2.05) is 0 Å². The molecule has 0 aromatic rings. The molecule has 0 spiro atoms. The second-order valence-electron chi connectivity index (χ2n) is 22.2. The molecule has 0 aliphatic rings. The Labute approximate surface area is 418 Å². The second-order valence-corrected chi connectivity index (χ2v) is 22.2. The number of unbranched alkanes of at least 4 members (excludes halogenated alkanes) is 36. The van der Waals surface area contributed by atoms with Gasteiger partial charge < -0.3 is 14.2 Å². The summed E-state index contributed by atoms with van der Waals surface area (Å²) >= 11 is 0. The lowest BCUT2D eigenvalue weighted by atomic mass is 9.99. The first-order valence-electron chi connectivity index (χ1n) is 30.1. The van der Waals surface area contributed by atoms with Gasteiger partial charge in [-0.25, -0.2) is 0 Å². The van der Waals surface area contributed by atoms with Crippen LogP contribution in [-0.4, -0.2) is 37.2 Å². The Kier molecular flexibility index (Phi) is 51.0. The van der Waals surface area contributed by atoms with Crippen molar-refractivity contribution in [1.82, 2.24) is 0 Å². The molecular formula is C61H118O6. The molecule has 1 unspecified atom stereocenters. The lowest BCUT2D eigenvalue weighted by Gasteiger charge is -2.18. The van der Waals surface area contributed by atoms with E-state index in [0.717, 1.165) is 75.5 Å². The van der Waals surface area contributed by atoms with Crippen molar-refractivity contribution in [2.75, 3.05) is 13.2 Å². The largest absolute Gasteiger partial charge is 0.462 e. The maximum absolute atomic E-state index is 12.9. The number of carbonyl (C=O) groups is 3. The fourth-order valence-corrected chi connectivity index (χ4v) is 9.32. The van der Waals surface area contributed by atoms with Crippen LogP contribution in [0.3, 0.4) is 0 Å². The number of esters is 3. The van der Waals surface area contributed by atoms with Gasteiger partial charge in [0.2, 0.25) is 0 Å². The van der Waals surface area contributed by atoms with E-state index in [9.17, 15) is 14.4 Å². The van der Waals surface area contributed by atoms with E-state index in [4.69, 9.17) is 14.2 Å². The van der Waals surface area contributed by atoms with Crippen LogP contribution in [0.15, 0.2) is 0 Å². The molecule has 6 nitrogen and oxygen atoms in total. The van der Waals surface area contributed by atoms with E-state index in [1.165, 1.54) is 218 Å². The SMILES string of the molecule is CCC(C)CCCCCCCCCCCCCCCCC(=O)OC[C@@H](COC(=O)CCCCCCCCCCCC(C)C)OC(=O)CCCCCCCCCCCCCCCCCCC(C)C. The minimum Gasteiger partial charge on any atom is -0.462 e. The first-order chi connectivity index (χ1) is 32.6. The summed E-state index contributed by atoms with van der Waals surface area (Å²) < 4.78 is 16.9. The molecule has 0 amide bonds. The van der Waals surface area contributed by atoms with Gasteiger partial charge in [0.15, 0.2) is 6.10 Å². The maximum atomic E-state index is 12.9. The van der Waals surface area contributed by atoms with E-state index < -0.39 is 6.10 Å². The number of carbonyl (C=O) groups excluding carboxylic acids is 3. The monoisotopic (exact) mass is 947 g/mol. The average Bonchev–Trinajstić information content (AvgIpc) is 3.30. The molecule has 0 fully saturated rings. The predicted molar refractivity (Wildman–Crippen MR) is 289 cm³/mol. The summed E-state index contributed by atoms with van der Waals surface area (Å²) in [5.74, 6) is 1.71. The van der Waals surface area contributed by atoms with Crippen LogP contribution in [0.25, 0.3) is 0 Å². The lowest BCUT2D eigenvalue weighted by molar-refractivity contribution is -0.167. The fourth-order valence-electron chi connectivity index (χ4n) is 9.32. The van der Waals surface area contributed by atoms with Gasteiger partial charge in [-0.2, -0.15) is 0 Å². The van der Waals surface area contributed by atoms with E-state index in [1.54, 1.807) is 0 Å². The summed E-state index contributed by atoms with van der Waals surface area (Å²) in [6.07, 6.45) is 55.2. The maximum Gasteiger partial charge on any atom is 0.306 e. The molecule has 2 atom stereocenters. The molecule has 0 saturated carbocycles. The molecule has 67 heavy (non-hydrogen) atoms. The molecule has 0 aromatic heterocycles. The van der Waals surface area contributed by atoms with Crippen molar-refractivity contribution in [3.8, 4) is 0 Å². The average molecular weight is 948 g/mol. The normalized spacial score (nSPS) is 12.5. The molecule has 0 aliphatic heterocycles. The summed E-state index contributed by atoms with van der Waals surface area (Å²) in [6, 6.07) is 0. The van der Waals surface area contributed by atoms with Crippen LogP contribution in [0.4, 0.5) is 0 Å².